The van der Waals surface area contributed by atoms with Crippen molar-refractivity contribution >= 4 is 16.5 Å². The van der Waals surface area contributed by atoms with E-state index in [1.807, 2.05) is 18.4 Å². The molecule has 0 atom stereocenters. The Morgan fingerprint density at radius 1 is 1.19 bits per heavy atom. The third-order valence-corrected chi connectivity index (χ3v) is 6.91. The number of anilines is 1. The first-order chi connectivity index (χ1) is 10.3. The molecule has 0 amide bonds. The Balaban J connectivity index is 1.48. The Bertz CT molecular complexity index is 490. The number of aromatic nitrogens is 1. The van der Waals surface area contributed by atoms with E-state index in [0.717, 1.165) is 12.5 Å². The Kier molecular flexibility index (Phi) is 3.70. The maximum Gasteiger partial charge on any atom is 0.185 e. The molecule has 1 N–H and O–H groups in total. The van der Waals surface area contributed by atoms with Crippen molar-refractivity contribution in [2.24, 2.45) is 5.41 Å². The normalized spacial score (nSPS) is 24.9. The summed E-state index contributed by atoms with van der Waals surface area (Å²) >= 11 is 1.94. The van der Waals surface area contributed by atoms with Gasteiger partial charge in [-0.05, 0) is 51.0 Å². The third kappa shape index (κ3) is 2.72. The van der Waals surface area contributed by atoms with Gasteiger partial charge in [-0.1, -0.05) is 12.8 Å². The number of rotatable bonds is 4. The molecule has 3 fully saturated rings. The molecule has 0 unspecified atom stereocenters. The van der Waals surface area contributed by atoms with Crippen LogP contribution in [0.3, 0.4) is 0 Å². The lowest BCUT2D eigenvalue weighted by Crippen LogP contribution is -2.38. The molecular formula is C17H27N3S. The summed E-state index contributed by atoms with van der Waals surface area (Å²) < 4.78 is 0. The van der Waals surface area contributed by atoms with Crippen molar-refractivity contribution in [2.75, 3.05) is 25.0 Å². The van der Waals surface area contributed by atoms with Crippen molar-refractivity contribution in [3.8, 4) is 0 Å². The lowest BCUT2D eigenvalue weighted by atomic mass is 9.77. The molecule has 3 nitrogen and oxygen atoms in total. The quantitative estimate of drug-likeness (QED) is 0.914. The fourth-order valence-electron chi connectivity index (χ4n) is 4.25. The minimum atomic E-state index is 0.709. The van der Waals surface area contributed by atoms with Crippen LogP contribution in [0.25, 0.3) is 0 Å². The van der Waals surface area contributed by atoms with Crippen LogP contribution < -0.4 is 10.2 Å². The van der Waals surface area contributed by atoms with Crippen LogP contribution in [0, 0.1) is 5.41 Å². The van der Waals surface area contributed by atoms with Gasteiger partial charge in [0.1, 0.15) is 0 Å². The molecule has 21 heavy (non-hydrogen) atoms. The zero-order chi connectivity index (χ0) is 14.3. The molecule has 3 aliphatic rings. The Morgan fingerprint density at radius 2 is 1.90 bits per heavy atom. The third-order valence-electron chi connectivity index (χ3n) is 5.78. The van der Waals surface area contributed by atoms with E-state index in [-0.39, 0.29) is 0 Å². The highest BCUT2D eigenvalue weighted by Gasteiger charge is 2.38. The van der Waals surface area contributed by atoms with Crippen molar-refractivity contribution in [3.05, 3.63) is 10.6 Å². The van der Waals surface area contributed by atoms with E-state index >= 15 is 0 Å². The lowest BCUT2D eigenvalue weighted by molar-refractivity contribution is 0.226. The second kappa shape index (κ2) is 5.54. The van der Waals surface area contributed by atoms with Crippen molar-refractivity contribution in [3.63, 3.8) is 0 Å². The first kappa shape index (κ1) is 14.0. The molecule has 1 aromatic rings. The molecule has 2 heterocycles. The number of nitrogens with one attached hydrogen (secondary N) is 1. The summed E-state index contributed by atoms with van der Waals surface area (Å²) in [6.07, 6.45) is 11.4. The second-order valence-electron chi connectivity index (χ2n) is 7.30. The summed E-state index contributed by atoms with van der Waals surface area (Å²) in [5.74, 6) is 0.768. The van der Waals surface area contributed by atoms with Gasteiger partial charge in [0.15, 0.2) is 5.13 Å². The molecule has 1 aromatic heterocycles. The molecular weight excluding hydrogens is 278 g/mol. The monoisotopic (exact) mass is 305 g/mol. The van der Waals surface area contributed by atoms with E-state index in [9.17, 15) is 0 Å². The molecule has 0 aromatic carbocycles. The van der Waals surface area contributed by atoms with Gasteiger partial charge in [-0.15, -0.1) is 11.3 Å². The van der Waals surface area contributed by atoms with E-state index in [0.29, 0.717) is 5.41 Å². The average molecular weight is 305 g/mol. The first-order valence-electron chi connectivity index (χ1n) is 8.69. The van der Waals surface area contributed by atoms with Crippen LogP contribution in [0.15, 0.2) is 0 Å². The number of hydrogen-bond donors (Lipinski definition) is 1. The van der Waals surface area contributed by atoms with Gasteiger partial charge in [-0.2, -0.15) is 0 Å². The zero-order valence-corrected chi connectivity index (χ0v) is 14.0. The molecule has 1 spiro atoms. The summed E-state index contributed by atoms with van der Waals surface area (Å²) in [6, 6.07) is 0. The van der Waals surface area contributed by atoms with Crippen molar-refractivity contribution in [1.82, 2.24) is 10.3 Å². The van der Waals surface area contributed by atoms with Gasteiger partial charge in [0.25, 0.3) is 0 Å². The van der Waals surface area contributed by atoms with Crippen molar-refractivity contribution in [2.45, 2.75) is 63.8 Å². The Labute approximate surface area is 132 Å². The molecule has 2 saturated carbocycles. The van der Waals surface area contributed by atoms with Gasteiger partial charge in [0.05, 0.1) is 5.69 Å². The van der Waals surface area contributed by atoms with Gasteiger partial charge in [-0.25, -0.2) is 4.98 Å². The van der Waals surface area contributed by atoms with Gasteiger partial charge in [-0.3, -0.25) is 0 Å². The molecule has 0 bridgehead atoms. The summed E-state index contributed by atoms with van der Waals surface area (Å²) in [5.41, 5.74) is 2.12. The predicted octanol–water partition coefficient (Wildman–Crippen LogP) is 3.90. The van der Waals surface area contributed by atoms with E-state index in [2.05, 4.69) is 10.2 Å². The molecule has 1 aliphatic heterocycles. The summed E-state index contributed by atoms with van der Waals surface area (Å²) in [4.78, 5) is 9.09. The Hall–Kier alpha value is -0.610. The molecule has 2 aliphatic carbocycles. The minimum absolute atomic E-state index is 0.709. The molecule has 1 saturated heterocycles. The van der Waals surface area contributed by atoms with E-state index < -0.39 is 0 Å². The molecule has 116 valence electrons. The molecule has 4 heteroatoms. The summed E-state index contributed by atoms with van der Waals surface area (Å²) in [5, 5.41) is 4.62. The van der Waals surface area contributed by atoms with Crippen molar-refractivity contribution < 1.29 is 0 Å². The highest BCUT2D eigenvalue weighted by atomic mass is 32.1. The van der Waals surface area contributed by atoms with Crippen LogP contribution in [-0.4, -0.2) is 25.1 Å². The minimum Gasteiger partial charge on any atom is -0.348 e. The highest BCUT2D eigenvalue weighted by Crippen LogP contribution is 2.48. The van der Waals surface area contributed by atoms with Crippen LogP contribution in [0.2, 0.25) is 0 Å². The lowest BCUT2D eigenvalue weighted by Gasteiger charge is -2.39. The SMILES string of the molecule is CNCc1sc(N2CCC3(CCCC3)CC2)nc1C1CC1. The fourth-order valence-corrected chi connectivity index (χ4v) is 5.46. The van der Waals surface area contributed by atoms with Gasteiger partial charge >= 0.3 is 0 Å². The van der Waals surface area contributed by atoms with Crippen molar-refractivity contribution in [1.29, 1.82) is 0 Å². The van der Waals surface area contributed by atoms with Gasteiger partial charge in [0, 0.05) is 30.4 Å². The smallest absolute Gasteiger partial charge is 0.185 e. The molecule has 0 radical (unpaired) electrons. The maximum atomic E-state index is 5.03. The van der Waals surface area contributed by atoms with Crippen LogP contribution in [0.4, 0.5) is 5.13 Å². The topological polar surface area (TPSA) is 28.2 Å². The number of hydrogen-bond acceptors (Lipinski definition) is 4. The number of thiazole rings is 1. The van der Waals surface area contributed by atoms with Crippen LogP contribution in [0.1, 0.15) is 67.9 Å². The standard InChI is InChI=1S/C17H27N3S/c1-18-12-14-15(13-4-5-13)19-16(21-14)20-10-8-17(9-11-20)6-2-3-7-17/h13,18H,2-12H2,1H3. The van der Waals surface area contributed by atoms with Crippen LogP contribution >= 0.6 is 11.3 Å². The first-order valence-corrected chi connectivity index (χ1v) is 9.50. The average Bonchev–Trinajstić information content (AvgIpc) is 3.11. The van der Waals surface area contributed by atoms with Crippen LogP contribution in [0.5, 0.6) is 0 Å². The summed E-state index contributed by atoms with van der Waals surface area (Å²) in [6.45, 7) is 3.45. The molecule has 4 rings (SSSR count). The van der Waals surface area contributed by atoms with Crippen LogP contribution in [-0.2, 0) is 6.54 Å². The Morgan fingerprint density at radius 3 is 2.52 bits per heavy atom. The van der Waals surface area contributed by atoms with Gasteiger partial charge in [0.2, 0.25) is 0 Å². The van der Waals surface area contributed by atoms with E-state index in [4.69, 9.17) is 4.98 Å². The second-order valence-corrected chi connectivity index (χ2v) is 8.37. The predicted molar refractivity (Wildman–Crippen MR) is 89.2 cm³/mol. The largest absolute Gasteiger partial charge is 0.348 e. The fraction of sp³-hybridized carbons (Fsp3) is 0.824. The van der Waals surface area contributed by atoms with E-state index in [1.54, 1.807) is 0 Å². The van der Waals surface area contributed by atoms with E-state index in [1.165, 1.54) is 80.2 Å². The highest BCUT2D eigenvalue weighted by molar-refractivity contribution is 7.15. The number of piperidine rings is 1. The zero-order valence-electron chi connectivity index (χ0n) is 13.2. The summed E-state index contributed by atoms with van der Waals surface area (Å²) in [7, 11) is 2.04. The maximum absolute atomic E-state index is 5.03. The number of nitrogens with zero attached hydrogens (tertiary/aromatic N) is 2. The van der Waals surface area contributed by atoms with Gasteiger partial charge < -0.3 is 10.2 Å².